The molecule has 0 saturated carbocycles. The number of rotatable bonds is 2. The van der Waals surface area contributed by atoms with Gasteiger partial charge in [0.05, 0.1) is 12.2 Å². The Morgan fingerprint density at radius 3 is 3.00 bits per heavy atom. The van der Waals surface area contributed by atoms with Gasteiger partial charge in [-0.2, -0.15) is 0 Å². The molecule has 3 heteroatoms. The maximum Gasteiger partial charge on any atom is 0.0753 e. The van der Waals surface area contributed by atoms with Gasteiger partial charge >= 0.3 is 0 Å². The van der Waals surface area contributed by atoms with Crippen LogP contribution in [0, 0.1) is 0 Å². The molecule has 2 aliphatic heterocycles. The topological polar surface area (TPSA) is 24.5 Å². The monoisotopic (exact) mass is 198 g/mol. The summed E-state index contributed by atoms with van der Waals surface area (Å²) in [6.07, 6.45) is 2.69. The number of nitrogens with zero attached hydrogens (tertiary/aromatic N) is 1. The first-order chi connectivity index (χ1) is 6.66. The van der Waals surface area contributed by atoms with E-state index in [1.165, 1.54) is 25.9 Å². The molecule has 0 amide bonds. The van der Waals surface area contributed by atoms with Gasteiger partial charge in [-0.05, 0) is 33.2 Å². The van der Waals surface area contributed by atoms with Crippen LogP contribution in [-0.4, -0.2) is 49.3 Å². The highest BCUT2D eigenvalue weighted by Crippen LogP contribution is 2.17. The van der Waals surface area contributed by atoms with Gasteiger partial charge in [-0.1, -0.05) is 0 Å². The van der Waals surface area contributed by atoms with Crippen molar-refractivity contribution in [1.82, 2.24) is 10.2 Å². The molecule has 1 unspecified atom stereocenters. The van der Waals surface area contributed by atoms with Crippen molar-refractivity contribution >= 4 is 0 Å². The van der Waals surface area contributed by atoms with E-state index >= 15 is 0 Å². The van der Waals surface area contributed by atoms with Gasteiger partial charge in [0, 0.05) is 25.7 Å². The standard InChI is InChI=1S/C11H22N2O/c1-11(2)9-13(6-7-14-11)8-10-4-3-5-12-10/h10,12H,3-9H2,1-2H3. The second kappa shape index (κ2) is 4.17. The molecule has 82 valence electrons. The third kappa shape index (κ3) is 2.69. The zero-order chi connectivity index (χ0) is 10.0. The Labute approximate surface area is 86.8 Å². The predicted octanol–water partition coefficient (Wildman–Crippen LogP) is 0.849. The molecule has 0 aromatic rings. The van der Waals surface area contributed by atoms with Crippen molar-refractivity contribution in [2.45, 2.75) is 38.3 Å². The molecular formula is C11H22N2O. The number of ether oxygens (including phenoxy) is 1. The lowest BCUT2D eigenvalue weighted by atomic mass is 10.1. The summed E-state index contributed by atoms with van der Waals surface area (Å²) >= 11 is 0. The third-order valence-electron chi connectivity index (χ3n) is 3.15. The normalized spacial score (nSPS) is 33.4. The molecule has 2 rings (SSSR count). The van der Waals surface area contributed by atoms with Crippen molar-refractivity contribution < 1.29 is 4.74 Å². The number of morpholine rings is 1. The maximum absolute atomic E-state index is 5.70. The van der Waals surface area contributed by atoms with Gasteiger partial charge in [0.1, 0.15) is 0 Å². The van der Waals surface area contributed by atoms with Crippen LogP contribution in [0.15, 0.2) is 0 Å². The van der Waals surface area contributed by atoms with Crippen LogP contribution < -0.4 is 5.32 Å². The molecule has 1 atom stereocenters. The molecule has 2 saturated heterocycles. The van der Waals surface area contributed by atoms with Gasteiger partial charge in [-0.3, -0.25) is 4.90 Å². The first-order valence-electron chi connectivity index (χ1n) is 5.75. The van der Waals surface area contributed by atoms with Gasteiger partial charge in [-0.25, -0.2) is 0 Å². The number of hydrogen-bond donors (Lipinski definition) is 1. The fraction of sp³-hybridized carbons (Fsp3) is 1.00. The first kappa shape index (κ1) is 10.4. The average Bonchev–Trinajstić information content (AvgIpc) is 2.54. The van der Waals surface area contributed by atoms with Crippen molar-refractivity contribution in [2.75, 3.05) is 32.8 Å². The van der Waals surface area contributed by atoms with Gasteiger partial charge < -0.3 is 10.1 Å². The molecule has 2 aliphatic rings. The SMILES string of the molecule is CC1(C)CN(CC2CCCN2)CCO1. The van der Waals surface area contributed by atoms with Gasteiger partial charge in [0.2, 0.25) is 0 Å². The summed E-state index contributed by atoms with van der Waals surface area (Å²) in [7, 11) is 0. The Morgan fingerprint density at radius 2 is 2.36 bits per heavy atom. The van der Waals surface area contributed by atoms with Crippen LogP contribution >= 0.6 is 0 Å². The maximum atomic E-state index is 5.70. The molecule has 14 heavy (non-hydrogen) atoms. The number of nitrogens with one attached hydrogen (secondary N) is 1. The van der Waals surface area contributed by atoms with Crippen LogP contribution in [0.1, 0.15) is 26.7 Å². The lowest BCUT2D eigenvalue weighted by Gasteiger charge is -2.39. The summed E-state index contributed by atoms with van der Waals surface area (Å²) in [4.78, 5) is 2.53. The molecule has 0 spiro atoms. The minimum absolute atomic E-state index is 0.0524. The van der Waals surface area contributed by atoms with E-state index in [4.69, 9.17) is 4.74 Å². The van der Waals surface area contributed by atoms with Crippen LogP contribution in [0.3, 0.4) is 0 Å². The lowest BCUT2D eigenvalue weighted by molar-refractivity contribution is -0.0872. The van der Waals surface area contributed by atoms with Crippen molar-refractivity contribution in [1.29, 1.82) is 0 Å². The van der Waals surface area contributed by atoms with Crippen LogP contribution in [0.4, 0.5) is 0 Å². The van der Waals surface area contributed by atoms with E-state index in [0.717, 1.165) is 25.7 Å². The Kier molecular flexibility index (Phi) is 3.10. The summed E-state index contributed by atoms with van der Waals surface area (Å²) in [6.45, 7) is 9.83. The van der Waals surface area contributed by atoms with E-state index in [0.29, 0.717) is 0 Å². The Hall–Kier alpha value is -0.120. The van der Waals surface area contributed by atoms with E-state index in [1.807, 2.05) is 0 Å². The van der Waals surface area contributed by atoms with E-state index in [-0.39, 0.29) is 5.60 Å². The quantitative estimate of drug-likeness (QED) is 0.712. The van der Waals surface area contributed by atoms with E-state index in [1.54, 1.807) is 0 Å². The molecule has 2 heterocycles. The smallest absolute Gasteiger partial charge is 0.0753 e. The predicted molar refractivity (Wildman–Crippen MR) is 57.5 cm³/mol. The summed E-state index contributed by atoms with van der Waals surface area (Å²) in [5.41, 5.74) is 0.0524. The highest BCUT2D eigenvalue weighted by atomic mass is 16.5. The van der Waals surface area contributed by atoms with Gasteiger partial charge in [-0.15, -0.1) is 0 Å². The molecule has 0 aromatic heterocycles. The summed E-state index contributed by atoms with van der Waals surface area (Å²) in [6, 6.07) is 0.726. The van der Waals surface area contributed by atoms with Crippen LogP contribution in [0.25, 0.3) is 0 Å². The average molecular weight is 198 g/mol. The summed E-state index contributed by atoms with van der Waals surface area (Å²) in [5, 5.41) is 3.55. The Balaban J connectivity index is 1.79. The fourth-order valence-corrected chi connectivity index (χ4v) is 2.49. The zero-order valence-electron chi connectivity index (χ0n) is 9.38. The van der Waals surface area contributed by atoms with E-state index in [9.17, 15) is 0 Å². The Morgan fingerprint density at radius 1 is 1.50 bits per heavy atom. The van der Waals surface area contributed by atoms with Gasteiger partial charge in [0.25, 0.3) is 0 Å². The lowest BCUT2D eigenvalue weighted by Crippen LogP contribution is -2.51. The first-order valence-corrected chi connectivity index (χ1v) is 5.75. The molecule has 0 aliphatic carbocycles. The second-order valence-corrected chi connectivity index (χ2v) is 5.14. The summed E-state index contributed by atoms with van der Waals surface area (Å²) < 4.78 is 5.70. The highest BCUT2D eigenvalue weighted by molar-refractivity contribution is 4.84. The van der Waals surface area contributed by atoms with Crippen LogP contribution in [0.5, 0.6) is 0 Å². The second-order valence-electron chi connectivity index (χ2n) is 5.14. The third-order valence-corrected chi connectivity index (χ3v) is 3.15. The van der Waals surface area contributed by atoms with Crippen molar-refractivity contribution in [3.63, 3.8) is 0 Å². The van der Waals surface area contributed by atoms with Gasteiger partial charge in [0.15, 0.2) is 0 Å². The van der Waals surface area contributed by atoms with Crippen LogP contribution in [-0.2, 0) is 4.74 Å². The number of hydrogen-bond acceptors (Lipinski definition) is 3. The molecular weight excluding hydrogens is 176 g/mol. The zero-order valence-corrected chi connectivity index (χ0v) is 9.38. The Bertz CT molecular complexity index is 188. The summed E-state index contributed by atoms with van der Waals surface area (Å²) in [5.74, 6) is 0. The van der Waals surface area contributed by atoms with Crippen LogP contribution in [0.2, 0.25) is 0 Å². The van der Waals surface area contributed by atoms with Crippen molar-refractivity contribution in [3.05, 3.63) is 0 Å². The molecule has 2 fully saturated rings. The molecule has 3 nitrogen and oxygen atoms in total. The minimum Gasteiger partial charge on any atom is -0.373 e. The largest absolute Gasteiger partial charge is 0.373 e. The van der Waals surface area contributed by atoms with Crippen molar-refractivity contribution in [2.24, 2.45) is 0 Å². The van der Waals surface area contributed by atoms with E-state index < -0.39 is 0 Å². The molecule has 1 N–H and O–H groups in total. The molecule has 0 radical (unpaired) electrons. The molecule has 0 aromatic carbocycles. The van der Waals surface area contributed by atoms with Crippen molar-refractivity contribution in [3.8, 4) is 0 Å². The fourth-order valence-electron chi connectivity index (χ4n) is 2.49. The minimum atomic E-state index is 0.0524. The highest BCUT2D eigenvalue weighted by Gasteiger charge is 2.28. The molecule has 0 bridgehead atoms. The van der Waals surface area contributed by atoms with E-state index in [2.05, 4.69) is 24.1 Å².